The van der Waals surface area contributed by atoms with Crippen molar-refractivity contribution < 1.29 is 0 Å². The smallest absolute Gasteiger partial charge is 0.101 e. The van der Waals surface area contributed by atoms with E-state index in [1.165, 1.54) is 42.5 Å². The largest absolute Gasteiger partial charge is 0.351 e. The first kappa shape index (κ1) is 17.0. The summed E-state index contributed by atoms with van der Waals surface area (Å²) in [5.74, 6) is 0. The van der Waals surface area contributed by atoms with Crippen molar-refractivity contribution in [2.24, 2.45) is 0 Å². The molecule has 1 fully saturated rings. The summed E-state index contributed by atoms with van der Waals surface area (Å²) in [5, 5.41) is 0.793. The van der Waals surface area contributed by atoms with Gasteiger partial charge in [-0.1, -0.05) is 58.2 Å². The average Bonchev–Trinajstić information content (AvgIpc) is 2.80. The Morgan fingerprint density at radius 1 is 0.960 bits per heavy atom. The second kappa shape index (κ2) is 7.43. The Labute approximate surface area is 163 Å². The minimum absolute atomic E-state index is 0.469. The Hall–Kier alpha value is -1.45. The standard InChI is InChI=1S/C21H22BrClN2/c22-18-9-5-16(6-10-18)14-24-15-20(17-7-11-19(23)12-8-17)25-13-3-1-2-4-21(24)25/h5-12,15,21H,1-4,13-14H2. The van der Waals surface area contributed by atoms with Gasteiger partial charge in [0.25, 0.3) is 0 Å². The molecule has 2 aliphatic heterocycles. The highest BCUT2D eigenvalue weighted by atomic mass is 79.9. The van der Waals surface area contributed by atoms with Crippen LogP contribution < -0.4 is 0 Å². The van der Waals surface area contributed by atoms with E-state index in [2.05, 4.69) is 68.3 Å². The van der Waals surface area contributed by atoms with Crippen molar-refractivity contribution in [3.8, 4) is 0 Å². The Balaban J connectivity index is 1.64. The third-order valence-electron chi connectivity index (χ3n) is 5.12. The summed E-state index contributed by atoms with van der Waals surface area (Å²) in [6, 6.07) is 16.9. The van der Waals surface area contributed by atoms with Crippen LogP contribution in [0.2, 0.25) is 5.02 Å². The van der Waals surface area contributed by atoms with Gasteiger partial charge in [0, 0.05) is 28.8 Å². The summed E-state index contributed by atoms with van der Waals surface area (Å²) in [4.78, 5) is 5.10. The fourth-order valence-electron chi connectivity index (χ4n) is 3.85. The van der Waals surface area contributed by atoms with E-state index in [9.17, 15) is 0 Å². The van der Waals surface area contributed by atoms with Gasteiger partial charge < -0.3 is 9.80 Å². The number of hydrogen-bond acceptors (Lipinski definition) is 2. The van der Waals surface area contributed by atoms with E-state index in [1.807, 2.05) is 12.1 Å². The van der Waals surface area contributed by atoms with Crippen molar-refractivity contribution in [1.82, 2.24) is 9.80 Å². The van der Waals surface area contributed by atoms with Gasteiger partial charge in [-0.05, 0) is 54.7 Å². The van der Waals surface area contributed by atoms with Gasteiger partial charge in [0.05, 0.1) is 5.70 Å². The summed E-state index contributed by atoms with van der Waals surface area (Å²) >= 11 is 9.61. The van der Waals surface area contributed by atoms with Crippen molar-refractivity contribution in [2.75, 3.05) is 6.54 Å². The number of benzene rings is 2. The molecule has 0 amide bonds. The van der Waals surface area contributed by atoms with Crippen LogP contribution in [-0.2, 0) is 6.54 Å². The lowest BCUT2D eigenvalue weighted by molar-refractivity contribution is 0.153. The third-order valence-corrected chi connectivity index (χ3v) is 5.90. The van der Waals surface area contributed by atoms with Gasteiger partial charge in [-0.3, -0.25) is 0 Å². The van der Waals surface area contributed by atoms with E-state index in [1.54, 1.807) is 0 Å². The van der Waals surface area contributed by atoms with E-state index in [0.717, 1.165) is 22.6 Å². The summed E-state index contributed by atoms with van der Waals surface area (Å²) < 4.78 is 1.13. The van der Waals surface area contributed by atoms with Crippen LogP contribution in [0.4, 0.5) is 0 Å². The molecule has 130 valence electrons. The fourth-order valence-corrected chi connectivity index (χ4v) is 4.24. The van der Waals surface area contributed by atoms with Crippen molar-refractivity contribution in [1.29, 1.82) is 0 Å². The van der Waals surface area contributed by atoms with Gasteiger partial charge in [0.2, 0.25) is 0 Å². The predicted octanol–water partition coefficient (Wildman–Crippen LogP) is 6.12. The zero-order valence-electron chi connectivity index (χ0n) is 14.2. The summed E-state index contributed by atoms with van der Waals surface area (Å²) in [6.45, 7) is 2.08. The summed E-state index contributed by atoms with van der Waals surface area (Å²) in [6.07, 6.45) is 7.95. The molecule has 2 heterocycles. The lowest BCUT2D eigenvalue weighted by Gasteiger charge is -2.33. The molecule has 1 saturated heterocycles. The molecule has 0 spiro atoms. The number of fused-ring (bicyclic) bond motifs is 1. The SMILES string of the molecule is Clc1ccc(C2=CN(Cc3ccc(Br)cc3)C3CCCCCN23)cc1. The molecule has 0 aliphatic carbocycles. The first-order valence-corrected chi connectivity index (χ1v) is 10.1. The molecule has 0 aromatic heterocycles. The maximum Gasteiger partial charge on any atom is 0.101 e. The molecular formula is C21H22BrClN2. The lowest BCUT2D eigenvalue weighted by Crippen LogP contribution is -2.38. The van der Waals surface area contributed by atoms with Crippen molar-refractivity contribution in [3.63, 3.8) is 0 Å². The monoisotopic (exact) mass is 416 g/mol. The van der Waals surface area contributed by atoms with Gasteiger partial charge >= 0.3 is 0 Å². The van der Waals surface area contributed by atoms with Gasteiger partial charge in [-0.2, -0.15) is 0 Å². The molecule has 2 nitrogen and oxygen atoms in total. The topological polar surface area (TPSA) is 6.48 Å². The number of hydrogen-bond donors (Lipinski definition) is 0. The molecule has 0 bridgehead atoms. The van der Waals surface area contributed by atoms with Crippen LogP contribution in [0.25, 0.3) is 5.70 Å². The van der Waals surface area contributed by atoms with Crippen LogP contribution in [0.5, 0.6) is 0 Å². The highest BCUT2D eigenvalue weighted by molar-refractivity contribution is 9.10. The molecule has 1 atom stereocenters. The minimum Gasteiger partial charge on any atom is -0.351 e. The quantitative estimate of drug-likeness (QED) is 0.593. The molecule has 0 radical (unpaired) electrons. The molecule has 4 heteroatoms. The maximum atomic E-state index is 6.08. The van der Waals surface area contributed by atoms with E-state index in [4.69, 9.17) is 11.6 Å². The van der Waals surface area contributed by atoms with Gasteiger partial charge in [-0.15, -0.1) is 0 Å². The van der Waals surface area contributed by atoms with Gasteiger partial charge in [0.15, 0.2) is 0 Å². The highest BCUT2D eigenvalue weighted by Crippen LogP contribution is 2.36. The van der Waals surface area contributed by atoms with E-state index in [-0.39, 0.29) is 0 Å². The summed E-state index contributed by atoms with van der Waals surface area (Å²) in [5.41, 5.74) is 3.94. The van der Waals surface area contributed by atoms with Crippen LogP contribution in [-0.4, -0.2) is 22.5 Å². The number of halogens is 2. The first-order valence-electron chi connectivity index (χ1n) is 8.95. The highest BCUT2D eigenvalue weighted by Gasteiger charge is 2.33. The first-order chi connectivity index (χ1) is 12.2. The van der Waals surface area contributed by atoms with Crippen molar-refractivity contribution in [2.45, 2.75) is 38.4 Å². The average molecular weight is 418 g/mol. The molecule has 0 N–H and O–H groups in total. The molecule has 2 aromatic rings. The number of rotatable bonds is 3. The molecule has 2 aliphatic rings. The molecular weight excluding hydrogens is 396 g/mol. The van der Waals surface area contributed by atoms with Crippen molar-refractivity contribution in [3.05, 3.63) is 75.4 Å². The van der Waals surface area contributed by atoms with Gasteiger partial charge in [0.1, 0.15) is 6.17 Å². The molecule has 25 heavy (non-hydrogen) atoms. The third kappa shape index (κ3) is 3.73. The minimum atomic E-state index is 0.469. The Bertz CT molecular complexity index is 754. The Kier molecular flexibility index (Phi) is 5.05. The normalized spacial score (nSPS) is 20.2. The van der Waals surface area contributed by atoms with Crippen LogP contribution in [0.1, 0.15) is 36.8 Å². The van der Waals surface area contributed by atoms with E-state index >= 15 is 0 Å². The second-order valence-electron chi connectivity index (χ2n) is 6.84. The van der Waals surface area contributed by atoms with Crippen LogP contribution >= 0.6 is 27.5 Å². The fraction of sp³-hybridized carbons (Fsp3) is 0.333. The molecule has 4 rings (SSSR count). The number of nitrogens with zero attached hydrogens (tertiary/aromatic N) is 2. The zero-order chi connectivity index (χ0) is 17.2. The van der Waals surface area contributed by atoms with Crippen LogP contribution in [0, 0.1) is 0 Å². The molecule has 0 saturated carbocycles. The van der Waals surface area contributed by atoms with E-state index in [0.29, 0.717) is 6.17 Å². The summed E-state index contributed by atoms with van der Waals surface area (Å²) in [7, 11) is 0. The van der Waals surface area contributed by atoms with Crippen LogP contribution in [0.3, 0.4) is 0 Å². The van der Waals surface area contributed by atoms with Crippen molar-refractivity contribution >= 4 is 33.2 Å². The second-order valence-corrected chi connectivity index (χ2v) is 8.20. The molecule has 1 unspecified atom stereocenters. The van der Waals surface area contributed by atoms with Crippen LogP contribution in [0.15, 0.2) is 59.2 Å². The zero-order valence-corrected chi connectivity index (χ0v) is 16.5. The molecule has 2 aromatic carbocycles. The lowest BCUT2D eigenvalue weighted by atomic mass is 10.1. The maximum absolute atomic E-state index is 6.08. The van der Waals surface area contributed by atoms with E-state index < -0.39 is 0 Å². The van der Waals surface area contributed by atoms with Gasteiger partial charge in [-0.25, -0.2) is 0 Å². The Morgan fingerprint density at radius 2 is 1.72 bits per heavy atom. The Morgan fingerprint density at radius 3 is 2.48 bits per heavy atom. The predicted molar refractivity (Wildman–Crippen MR) is 108 cm³/mol.